The second-order valence-electron chi connectivity index (χ2n) is 8.66. The van der Waals surface area contributed by atoms with Crippen LogP contribution in [-0.2, 0) is 9.53 Å². The highest BCUT2D eigenvalue weighted by Crippen LogP contribution is 2.33. The molecule has 0 radical (unpaired) electrons. The number of piperidine rings is 1. The number of methoxy groups -OCH3 is 1. The first-order valence-electron chi connectivity index (χ1n) is 11.5. The zero-order valence-corrected chi connectivity index (χ0v) is 18.4. The summed E-state index contributed by atoms with van der Waals surface area (Å²) in [5.41, 5.74) is 1.36. The molecule has 0 unspecified atom stereocenters. The maximum atomic E-state index is 12.7. The Morgan fingerprint density at radius 1 is 1.23 bits per heavy atom. The van der Waals surface area contributed by atoms with Crippen LogP contribution in [0.5, 0.6) is 5.75 Å². The van der Waals surface area contributed by atoms with Crippen LogP contribution in [0.25, 0.3) is 0 Å². The molecule has 3 aliphatic heterocycles. The van der Waals surface area contributed by atoms with Crippen molar-refractivity contribution in [2.24, 2.45) is 5.92 Å². The molecule has 0 aromatic heterocycles. The summed E-state index contributed by atoms with van der Waals surface area (Å²) < 4.78 is 11.1. The summed E-state index contributed by atoms with van der Waals surface area (Å²) in [6.07, 6.45) is 5.93. The van der Waals surface area contributed by atoms with Crippen LogP contribution >= 0.6 is 0 Å². The molecular formula is C23H34N4O4. The maximum absolute atomic E-state index is 12.7. The maximum Gasteiger partial charge on any atom is 0.319 e. The summed E-state index contributed by atoms with van der Waals surface area (Å²) >= 11 is 0. The molecule has 1 aromatic rings. The number of carbonyl (C=O) groups excluding carboxylic acids is 2. The average Bonchev–Trinajstić information content (AvgIpc) is 3.49. The monoisotopic (exact) mass is 430 g/mol. The summed E-state index contributed by atoms with van der Waals surface area (Å²) in [5.74, 6) is 1.20. The number of nitrogens with one attached hydrogen (secondary N) is 2. The second kappa shape index (κ2) is 10.3. The molecule has 3 aliphatic rings. The molecule has 170 valence electrons. The Hall–Kier alpha value is -2.32. The molecule has 8 nitrogen and oxygen atoms in total. The van der Waals surface area contributed by atoms with Crippen LogP contribution in [0.1, 0.15) is 38.5 Å². The molecule has 2 N–H and O–H groups in total. The quantitative estimate of drug-likeness (QED) is 0.695. The van der Waals surface area contributed by atoms with Gasteiger partial charge in [-0.3, -0.25) is 9.69 Å². The summed E-state index contributed by atoms with van der Waals surface area (Å²) in [7, 11) is 1.60. The van der Waals surface area contributed by atoms with Crippen molar-refractivity contribution in [3.63, 3.8) is 0 Å². The highest BCUT2D eigenvalue weighted by Gasteiger charge is 2.32. The minimum atomic E-state index is -0.232. The van der Waals surface area contributed by atoms with Gasteiger partial charge in [-0.15, -0.1) is 0 Å². The van der Waals surface area contributed by atoms with Crippen molar-refractivity contribution in [1.29, 1.82) is 0 Å². The molecule has 2 atom stereocenters. The van der Waals surface area contributed by atoms with Gasteiger partial charge in [0.1, 0.15) is 5.75 Å². The molecule has 0 aliphatic carbocycles. The molecule has 0 spiro atoms. The van der Waals surface area contributed by atoms with Crippen LogP contribution in [0, 0.1) is 5.92 Å². The summed E-state index contributed by atoms with van der Waals surface area (Å²) in [6, 6.07) is 5.51. The third-order valence-corrected chi connectivity index (χ3v) is 6.64. The Bertz CT molecular complexity index is 759. The zero-order valence-electron chi connectivity index (χ0n) is 18.4. The fourth-order valence-electron chi connectivity index (χ4n) is 4.94. The van der Waals surface area contributed by atoms with Crippen molar-refractivity contribution in [1.82, 2.24) is 10.2 Å². The molecule has 3 heterocycles. The van der Waals surface area contributed by atoms with E-state index in [1.54, 1.807) is 24.1 Å². The number of rotatable bonds is 7. The molecule has 0 saturated carbocycles. The summed E-state index contributed by atoms with van der Waals surface area (Å²) in [4.78, 5) is 29.3. The highest BCUT2D eigenvalue weighted by molar-refractivity contribution is 5.97. The van der Waals surface area contributed by atoms with Gasteiger partial charge in [0.05, 0.1) is 19.4 Å². The van der Waals surface area contributed by atoms with Crippen LogP contribution < -0.4 is 20.3 Å². The Kier molecular flexibility index (Phi) is 7.29. The lowest BCUT2D eigenvalue weighted by Crippen LogP contribution is -2.48. The molecule has 3 amide bonds. The normalized spacial score (nSPS) is 23.1. The second-order valence-corrected chi connectivity index (χ2v) is 8.66. The third kappa shape index (κ3) is 5.30. The standard InChI is InChI=1S/C23H34N4O4/c1-30-21-8-7-18(14-19(21)27-12-3-2-6-22(27)28)25-23(29)24-15-20(17-9-13-31-16-17)26-10-4-5-11-26/h7-8,14,17,20H,2-6,9-13,15-16H2,1H3,(H2,24,25,29)/t17-,20-/m0/s1. The smallest absolute Gasteiger partial charge is 0.319 e. The minimum Gasteiger partial charge on any atom is -0.495 e. The SMILES string of the molecule is COc1ccc(NC(=O)NC[C@@H]([C@H]2CCOC2)N2CCCC2)cc1N1CCCCC1=O. The van der Waals surface area contributed by atoms with Gasteiger partial charge in [0, 0.05) is 43.8 Å². The topological polar surface area (TPSA) is 83.1 Å². The van der Waals surface area contributed by atoms with Gasteiger partial charge in [-0.2, -0.15) is 0 Å². The number of anilines is 2. The number of urea groups is 1. The van der Waals surface area contributed by atoms with Gasteiger partial charge in [0.2, 0.25) is 5.91 Å². The lowest BCUT2D eigenvalue weighted by Gasteiger charge is -2.32. The number of amides is 3. The van der Waals surface area contributed by atoms with E-state index in [1.807, 2.05) is 6.07 Å². The molecule has 31 heavy (non-hydrogen) atoms. The molecule has 3 fully saturated rings. The van der Waals surface area contributed by atoms with Gasteiger partial charge < -0.3 is 25.0 Å². The predicted molar refractivity (Wildman–Crippen MR) is 120 cm³/mol. The van der Waals surface area contributed by atoms with Crippen molar-refractivity contribution in [2.45, 2.75) is 44.6 Å². The molecule has 0 bridgehead atoms. The van der Waals surface area contributed by atoms with Gasteiger partial charge in [0.25, 0.3) is 0 Å². The first-order valence-corrected chi connectivity index (χ1v) is 11.5. The van der Waals surface area contributed by atoms with E-state index in [1.165, 1.54) is 12.8 Å². The lowest BCUT2D eigenvalue weighted by molar-refractivity contribution is -0.119. The fourth-order valence-corrected chi connectivity index (χ4v) is 4.94. The minimum absolute atomic E-state index is 0.0957. The Morgan fingerprint density at radius 3 is 2.74 bits per heavy atom. The van der Waals surface area contributed by atoms with Gasteiger partial charge in [-0.1, -0.05) is 0 Å². The fraction of sp³-hybridized carbons (Fsp3) is 0.652. The number of carbonyl (C=O) groups is 2. The Labute approximate surface area is 184 Å². The lowest BCUT2D eigenvalue weighted by atomic mass is 9.97. The van der Waals surface area contributed by atoms with Crippen LogP contribution in [-0.4, -0.2) is 69.4 Å². The van der Waals surface area contributed by atoms with E-state index in [0.29, 0.717) is 48.6 Å². The van der Waals surface area contributed by atoms with Crippen LogP contribution in [0.3, 0.4) is 0 Å². The molecule has 3 saturated heterocycles. The highest BCUT2D eigenvalue weighted by atomic mass is 16.5. The van der Waals surface area contributed by atoms with Gasteiger partial charge in [-0.05, 0) is 63.4 Å². The van der Waals surface area contributed by atoms with Crippen molar-refractivity contribution in [3.05, 3.63) is 18.2 Å². The summed E-state index contributed by atoms with van der Waals surface area (Å²) in [6.45, 7) is 5.05. The predicted octanol–water partition coefficient (Wildman–Crippen LogP) is 2.83. The van der Waals surface area contributed by atoms with Crippen LogP contribution in [0.4, 0.5) is 16.2 Å². The zero-order chi connectivity index (χ0) is 21.6. The number of nitrogens with zero attached hydrogens (tertiary/aromatic N) is 2. The van der Waals surface area contributed by atoms with Gasteiger partial charge >= 0.3 is 6.03 Å². The van der Waals surface area contributed by atoms with Gasteiger partial charge in [-0.25, -0.2) is 4.79 Å². The molecule has 4 rings (SSSR count). The van der Waals surface area contributed by atoms with Crippen molar-refractivity contribution in [2.75, 3.05) is 56.7 Å². The van der Waals surface area contributed by atoms with E-state index in [4.69, 9.17) is 9.47 Å². The van der Waals surface area contributed by atoms with Gasteiger partial charge in [0.15, 0.2) is 0 Å². The third-order valence-electron chi connectivity index (χ3n) is 6.64. The van der Waals surface area contributed by atoms with E-state index in [0.717, 1.165) is 45.6 Å². The number of likely N-dealkylation sites (tertiary alicyclic amines) is 1. The largest absolute Gasteiger partial charge is 0.495 e. The number of hydrogen-bond donors (Lipinski definition) is 2. The van der Waals surface area contributed by atoms with Crippen molar-refractivity contribution in [3.8, 4) is 5.75 Å². The van der Waals surface area contributed by atoms with E-state index in [2.05, 4.69) is 15.5 Å². The number of ether oxygens (including phenoxy) is 2. The molecule has 1 aromatic carbocycles. The number of hydrogen-bond acceptors (Lipinski definition) is 5. The molecule has 8 heteroatoms. The van der Waals surface area contributed by atoms with Crippen LogP contribution in [0.15, 0.2) is 18.2 Å². The van der Waals surface area contributed by atoms with Crippen LogP contribution in [0.2, 0.25) is 0 Å². The van der Waals surface area contributed by atoms with E-state index in [-0.39, 0.29) is 11.9 Å². The first-order chi connectivity index (χ1) is 15.2. The average molecular weight is 431 g/mol. The Morgan fingerprint density at radius 2 is 2.03 bits per heavy atom. The van der Waals surface area contributed by atoms with E-state index in [9.17, 15) is 9.59 Å². The van der Waals surface area contributed by atoms with Crippen molar-refractivity contribution >= 4 is 23.3 Å². The first kappa shape index (κ1) is 21.9. The molecular weight excluding hydrogens is 396 g/mol. The summed E-state index contributed by atoms with van der Waals surface area (Å²) in [5, 5.41) is 5.99. The Balaban J connectivity index is 1.39. The van der Waals surface area contributed by atoms with Crippen molar-refractivity contribution < 1.29 is 19.1 Å². The van der Waals surface area contributed by atoms with E-state index < -0.39 is 0 Å². The number of benzene rings is 1. The van der Waals surface area contributed by atoms with E-state index >= 15 is 0 Å².